The molecular weight excluding hydrogens is 330 g/mol. The molecule has 1 fully saturated rings. The Kier molecular flexibility index (Phi) is 5.78. The summed E-state index contributed by atoms with van der Waals surface area (Å²) >= 11 is 0. The molecule has 26 heavy (non-hydrogen) atoms. The zero-order chi connectivity index (χ0) is 18.4. The minimum atomic E-state index is -0.291. The lowest BCUT2D eigenvalue weighted by atomic mass is 10.1. The first-order valence-electron chi connectivity index (χ1n) is 8.73. The Morgan fingerprint density at radius 3 is 2.81 bits per heavy atom. The number of likely N-dealkylation sites (tertiary alicyclic amines) is 1. The maximum atomic E-state index is 12.3. The highest BCUT2D eigenvalue weighted by atomic mass is 16.2. The predicted octanol–water partition coefficient (Wildman–Crippen LogP) is 1.36. The molecule has 2 aromatic rings. The molecule has 1 atom stereocenters. The average Bonchev–Trinajstić information content (AvgIpc) is 3.01. The van der Waals surface area contributed by atoms with Gasteiger partial charge >= 0.3 is 0 Å². The van der Waals surface area contributed by atoms with Gasteiger partial charge in [-0.25, -0.2) is 4.98 Å². The van der Waals surface area contributed by atoms with E-state index in [0.29, 0.717) is 26.2 Å². The molecule has 1 aliphatic heterocycles. The molecule has 3 rings (SSSR count). The first-order valence-corrected chi connectivity index (χ1v) is 8.73. The van der Waals surface area contributed by atoms with Crippen molar-refractivity contribution in [2.24, 2.45) is 5.92 Å². The van der Waals surface area contributed by atoms with Crippen LogP contribution in [-0.4, -0.2) is 46.3 Å². The standard InChI is InChI=1S/C19H23N5O2/c1-14-3-2-6-21-18(14)22-9-10-23-19(26)16-11-17(25)24(13-16)12-15-4-7-20-8-5-15/h2-8,16H,9-13H2,1H3,(H,21,22)(H,23,26). The number of nitrogens with one attached hydrogen (secondary N) is 2. The molecule has 0 saturated carbocycles. The minimum Gasteiger partial charge on any atom is -0.368 e. The van der Waals surface area contributed by atoms with Gasteiger partial charge in [-0.1, -0.05) is 6.07 Å². The Bertz CT molecular complexity index is 766. The van der Waals surface area contributed by atoms with E-state index in [0.717, 1.165) is 16.9 Å². The number of anilines is 1. The van der Waals surface area contributed by atoms with Gasteiger partial charge in [0.25, 0.3) is 0 Å². The van der Waals surface area contributed by atoms with Crippen molar-refractivity contribution < 1.29 is 9.59 Å². The number of carbonyl (C=O) groups is 2. The van der Waals surface area contributed by atoms with Crippen LogP contribution in [-0.2, 0) is 16.1 Å². The molecule has 136 valence electrons. The smallest absolute Gasteiger partial charge is 0.225 e. The third-order valence-electron chi connectivity index (χ3n) is 4.43. The fourth-order valence-corrected chi connectivity index (χ4v) is 2.99. The van der Waals surface area contributed by atoms with Crippen molar-refractivity contribution in [1.29, 1.82) is 0 Å². The van der Waals surface area contributed by atoms with E-state index in [-0.39, 0.29) is 24.2 Å². The molecule has 1 unspecified atom stereocenters. The van der Waals surface area contributed by atoms with E-state index in [2.05, 4.69) is 20.6 Å². The van der Waals surface area contributed by atoms with E-state index in [1.807, 2.05) is 31.2 Å². The molecule has 2 amide bonds. The van der Waals surface area contributed by atoms with Crippen LogP contribution in [0, 0.1) is 12.8 Å². The monoisotopic (exact) mass is 353 g/mol. The quantitative estimate of drug-likeness (QED) is 0.734. The van der Waals surface area contributed by atoms with E-state index < -0.39 is 0 Å². The van der Waals surface area contributed by atoms with Gasteiger partial charge in [0, 0.05) is 51.2 Å². The van der Waals surface area contributed by atoms with Crippen LogP contribution < -0.4 is 10.6 Å². The summed E-state index contributed by atoms with van der Waals surface area (Å²) in [5.41, 5.74) is 2.08. The van der Waals surface area contributed by atoms with E-state index in [1.54, 1.807) is 23.5 Å². The van der Waals surface area contributed by atoms with E-state index >= 15 is 0 Å². The van der Waals surface area contributed by atoms with Crippen molar-refractivity contribution in [2.45, 2.75) is 19.9 Å². The van der Waals surface area contributed by atoms with E-state index in [1.165, 1.54) is 0 Å². The van der Waals surface area contributed by atoms with Crippen LogP contribution in [0.3, 0.4) is 0 Å². The molecule has 0 aliphatic carbocycles. The van der Waals surface area contributed by atoms with Gasteiger partial charge in [0.05, 0.1) is 5.92 Å². The number of hydrogen-bond acceptors (Lipinski definition) is 5. The zero-order valence-corrected chi connectivity index (χ0v) is 14.8. The lowest BCUT2D eigenvalue weighted by molar-refractivity contribution is -0.129. The number of amides is 2. The summed E-state index contributed by atoms with van der Waals surface area (Å²) in [5.74, 6) is 0.474. The maximum absolute atomic E-state index is 12.3. The summed E-state index contributed by atoms with van der Waals surface area (Å²) in [6, 6.07) is 7.63. The summed E-state index contributed by atoms with van der Waals surface area (Å²) in [6.07, 6.45) is 5.41. The Hall–Kier alpha value is -2.96. The van der Waals surface area contributed by atoms with E-state index in [9.17, 15) is 9.59 Å². The molecule has 0 spiro atoms. The molecule has 0 radical (unpaired) electrons. The van der Waals surface area contributed by atoms with Crippen molar-refractivity contribution in [3.05, 3.63) is 54.0 Å². The van der Waals surface area contributed by atoms with Gasteiger partial charge in [-0.05, 0) is 36.2 Å². The van der Waals surface area contributed by atoms with Crippen LogP contribution in [0.4, 0.5) is 5.82 Å². The second-order valence-corrected chi connectivity index (χ2v) is 6.42. The SMILES string of the molecule is Cc1cccnc1NCCNC(=O)C1CC(=O)N(Cc2ccncc2)C1. The third kappa shape index (κ3) is 4.56. The molecule has 3 heterocycles. The van der Waals surface area contributed by atoms with Gasteiger partial charge in [0.1, 0.15) is 5.82 Å². The van der Waals surface area contributed by atoms with Crippen LogP contribution in [0.15, 0.2) is 42.9 Å². The van der Waals surface area contributed by atoms with Crippen LogP contribution in [0.25, 0.3) is 0 Å². The lowest BCUT2D eigenvalue weighted by Gasteiger charge is -2.16. The van der Waals surface area contributed by atoms with Gasteiger partial charge in [-0.15, -0.1) is 0 Å². The van der Waals surface area contributed by atoms with Crippen LogP contribution in [0.1, 0.15) is 17.5 Å². The first-order chi connectivity index (χ1) is 12.6. The fraction of sp³-hybridized carbons (Fsp3) is 0.368. The summed E-state index contributed by atoms with van der Waals surface area (Å²) in [6.45, 7) is 4.04. The van der Waals surface area contributed by atoms with Gasteiger partial charge in [0.15, 0.2) is 0 Å². The Labute approximate surface area is 152 Å². The van der Waals surface area contributed by atoms with Gasteiger partial charge in [-0.3, -0.25) is 14.6 Å². The molecule has 0 aromatic carbocycles. The van der Waals surface area contributed by atoms with Crippen molar-refractivity contribution in [2.75, 3.05) is 25.0 Å². The Morgan fingerprint density at radius 2 is 2.04 bits per heavy atom. The molecule has 2 N–H and O–H groups in total. The summed E-state index contributed by atoms with van der Waals surface area (Å²) in [5, 5.41) is 6.10. The van der Waals surface area contributed by atoms with Crippen LogP contribution in [0.2, 0.25) is 0 Å². The molecular formula is C19H23N5O2. The normalized spacial score (nSPS) is 16.6. The number of carbonyl (C=O) groups excluding carboxylic acids is 2. The predicted molar refractivity (Wildman–Crippen MR) is 98.2 cm³/mol. The van der Waals surface area contributed by atoms with Gasteiger partial charge < -0.3 is 15.5 Å². The molecule has 1 aliphatic rings. The third-order valence-corrected chi connectivity index (χ3v) is 4.43. The van der Waals surface area contributed by atoms with Gasteiger partial charge in [0.2, 0.25) is 11.8 Å². The van der Waals surface area contributed by atoms with Crippen LogP contribution in [0.5, 0.6) is 0 Å². The zero-order valence-electron chi connectivity index (χ0n) is 14.8. The topological polar surface area (TPSA) is 87.2 Å². The largest absolute Gasteiger partial charge is 0.368 e. The molecule has 7 nitrogen and oxygen atoms in total. The highest BCUT2D eigenvalue weighted by molar-refractivity contribution is 5.89. The van der Waals surface area contributed by atoms with Crippen molar-refractivity contribution in [1.82, 2.24) is 20.2 Å². The second kappa shape index (κ2) is 8.42. The fourth-order valence-electron chi connectivity index (χ4n) is 2.99. The minimum absolute atomic E-state index is 0.0178. The molecule has 0 bridgehead atoms. The highest BCUT2D eigenvalue weighted by Gasteiger charge is 2.33. The molecule has 2 aromatic heterocycles. The molecule has 1 saturated heterocycles. The number of hydrogen-bond donors (Lipinski definition) is 2. The number of nitrogens with zero attached hydrogens (tertiary/aromatic N) is 3. The van der Waals surface area contributed by atoms with Crippen molar-refractivity contribution in [3.8, 4) is 0 Å². The number of rotatable bonds is 7. The van der Waals surface area contributed by atoms with Crippen molar-refractivity contribution in [3.63, 3.8) is 0 Å². The lowest BCUT2D eigenvalue weighted by Crippen LogP contribution is -2.35. The second-order valence-electron chi connectivity index (χ2n) is 6.42. The number of aryl methyl sites for hydroxylation is 1. The summed E-state index contributed by atoms with van der Waals surface area (Å²) < 4.78 is 0. The summed E-state index contributed by atoms with van der Waals surface area (Å²) in [7, 11) is 0. The summed E-state index contributed by atoms with van der Waals surface area (Å²) in [4.78, 5) is 34.4. The van der Waals surface area contributed by atoms with Crippen LogP contribution >= 0.6 is 0 Å². The van der Waals surface area contributed by atoms with Gasteiger partial charge in [-0.2, -0.15) is 0 Å². The maximum Gasteiger partial charge on any atom is 0.225 e. The number of aromatic nitrogens is 2. The highest BCUT2D eigenvalue weighted by Crippen LogP contribution is 2.20. The first kappa shape index (κ1) is 17.8. The van der Waals surface area contributed by atoms with E-state index in [4.69, 9.17) is 0 Å². The van der Waals surface area contributed by atoms with Crippen molar-refractivity contribution >= 4 is 17.6 Å². The Morgan fingerprint density at radius 1 is 1.23 bits per heavy atom. The molecule has 7 heteroatoms. The average molecular weight is 353 g/mol. The number of pyridine rings is 2. The Balaban J connectivity index is 1.42.